The second-order valence-corrected chi connectivity index (χ2v) is 4.56. The molecule has 0 aromatic carbocycles. The van der Waals surface area contributed by atoms with Gasteiger partial charge in [-0.2, -0.15) is 0 Å². The van der Waals surface area contributed by atoms with Gasteiger partial charge in [0.15, 0.2) is 0 Å². The number of amides is 1. The number of carbonyl (C=O) groups is 1. The Balaban J connectivity index is 2.34. The van der Waals surface area contributed by atoms with Gasteiger partial charge in [-0.3, -0.25) is 19.6 Å². The summed E-state index contributed by atoms with van der Waals surface area (Å²) in [5, 5.41) is 13.9. The van der Waals surface area contributed by atoms with Gasteiger partial charge in [0.2, 0.25) is 5.96 Å². The number of hydrogen-bond donors (Lipinski definition) is 3. The maximum atomic E-state index is 12.0. The Morgan fingerprint density at radius 2 is 2.32 bits per heavy atom. The van der Waals surface area contributed by atoms with Crippen LogP contribution in [-0.4, -0.2) is 21.5 Å². The Bertz CT molecular complexity index is 648. The predicted octanol–water partition coefficient (Wildman–Crippen LogP) is 0.208. The highest BCUT2D eigenvalue weighted by Crippen LogP contribution is 2.14. The largest absolute Gasteiger partial charge is 0.507 e. The fourth-order valence-electron chi connectivity index (χ4n) is 1.50. The van der Waals surface area contributed by atoms with Crippen LogP contribution in [-0.2, 0) is 7.05 Å². The summed E-state index contributed by atoms with van der Waals surface area (Å²) >= 11 is 1.23. The van der Waals surface area contributed by atoms with Crippen molar-refractivity contribution >= 4 is 23.8 Å². The predicted molar refractivity (Wildman–Crippen MR) is 72.9 cm³/mol. The molecule has 1 aromatic rings. The van der Waals surface area contributed by atoms with Crippen LogP contribution in [0.4, 0.5) is 0 Å². The van der Waals surface area contributed by atoms with Crippen molar-refractivity contribution in [1.29, 1.82) is 0 Å². The normalized spacial score (nSPS) is 13.7. The molecule has 0 aliphatic carbocycles. The van der Waals surface area contributed by atoms with Gasteiger partial charge in [0.1, 0.15) is 11.3 Å². The summed E-state index contributed by atoms with van der Waals surface area (Å²) in [5.74, 6) is -0.850. The van der Waals surface area contributed by atoms with E-state index in [0.717, 1.165) is 0 Å². The maximum absolute atomic E-state index is 12.0. The molecule has 2 rings (SSSR count). The van der Waals surface area contributed by atoms with Crippen LogP contribution < -0.4 is 15.6 Å². The molecule has 100 valence electrons. The number of aliphatic imine (C=N–C) groups is 1. The van der Waals surface area contributed by atoms with Crippen molar-refractivity contribution in [2.24, 2.45) is 12.0 Å². The average Bonchev–Trinajstić information content (AvgIpc) is 2.37. The van der Waals surface area contributed by atoms with E-state index >= 15 is 0 Å². The van der Waals surface area contributed by atoms with Crippen molar-refractivity contribution in [3.05, 3.63) is 39.3 Å². The van der Waals surface area contributed by atoms with Gasteiger partial charge in [0, 0.05) is 30.4 Å². The van der Waals surface area contributed by atoms with E-state index in [1.54, 1.807) is 12.3 Å². The van der Waals surface area contributed by atoms with Gasteiger partial charge in [0.05, 0.1) is 0 Å². The Kier molecular flexibility index (Phi) is 3.61. The Morgan fingerprint density at radius 3 is 2.95 bits per heavy atom. The number of pyridine rings is 1. The molecule has 19 heavy (non-hydrogen) atoms. The summed E-state index contributed by atoms with van der Waals surface area (Å²) in [4.78, 5) is 27.8. The van der Waals surface area contributed by atoms with E-state index in [1.165, 1.54) is 35.8 Å². The fourth-order valence-corrected chi connectivity index (χ4v) is 1.90. The molecule has 1 aromatic heterocycles. The molecule has 3 N–H and O–H groups in total. The molecular formula is C11H12N4O3S. The third-order valence-electron chi connectivity index (χ3n) is 2.60. The van der Waals surface area contributed by atoms with Crippen molar-refractivity contribution in [2.45, 2.75) is 6.92 Å². The smallest absolute Gasteiger partial charge is 0.267 e. The number of guanidine groups is 1. The van der Waals surface area contributed by atoms with E-state index in [2.05, 4.69) is 15.0 Å². The van der Waals surface area contributed by atoms with Crippen LogP contribution >= 0.6 is 11.9 Å². The number of aromatic hydroxyl groups is 1. The quantitative estimate of drug-likeness (QED) is 0.639. The first-order valence-corrected chi connectivity index (χ1v) is 6.24. The van der Waals surface area contributed by atoms with Gasteiger partial charge < -0.3 is 9.67 Å². The summed E-state index contributed by atoms with van der Waals surface area (Å²) in [7, 11) is 1.53. The lowest BCUT2D eigenvalue weighted by Crippen LogP contribution is -2.41. The Morgan fingerprint density at radius 1 is 1.58 bits per heavy atom. The van der Waals surface area contributed by atoms with Crippen molar-refractivity contribution in [3.63, 3.8) is 0 Å². The highest BCUT2D eigenvalue weighted by molar-refractivity contribution is 8.00. The van der Waals surface area contributed by atoms with Crippen LogP contribution in [0.2, 0.25) is 0 Å². The van der Waals surface area contributed by atoms with Gasteiger partial charge >= 0.3 is 0 Å². The lowest BCUT2D eigenvalue weighted by molar-refractivity contribution is 0.0971. The summed E-state index contributed by atoms with van der Waals surface area (Å²) in [6, 6.07) is 1.36. The monoisotopic (exact) mass is 280 g/mol. The highest BCUT2D eigenvalue weighted by Gasteiger charge is 2.19. The molecule has 0 atom stereocenters. The molecule has 0 radical (unpaired) electrons. The molecule has 0 unspecified atom stereocenters. The number of nitrogens with zero attached hydrogens (tertiary/aromatic N) is 2. The summed E-state index contributed by atoms with van der Waals surface area (Å²) in [6.07, 6.45) is 1.50. The molecular weight excluding hydrogens is 268 g/mol. The third-order valence-corrected chi connectivity index (χ3v) is 3.17. The first-order valence-electron chi connectivity index (χ1n) is 5.36. The number of aryl methyl sites for hydroxylation is 1. The third kappa shape index (κ3) is 2.63. The SMILES string of the molecule is Cc1cc(O)c(C(=O)NC2=NC=CSN2)c(=O)n1C. The molecule has 0 fully saturated rings. The van der Waals surface area contributed by atoms with Gasteiger partial charge in [0.25, 0.3) is 11.5 Å². The highest BCUT2D eigenvalue weighted by atomic mass is 32.2. The fraction of sp³-hybridized carbons (Fsp3) is 0.182. The molecule has 0 saturated heterocycles. The number of rotatable bonds is 1. The first-order chi connectivity index (χ1) is 9.00. The number of aromatic nitrogens is 1. The number of nitrogens with one attached hydrogen (secondary N) is 2. The van der Waals surface area contributed by atoms with E-state index in [9.17, 15) is 14.7 Å². The van der Waals surface area contributed by atoms with Gasteiger partial charge in [-0.05, 0) is 18.9 Å². The second-order valence-electron chi connectivity index (χ2n) is 3.85. The summed E-state index contributed by atoms with van der Waals surface area (Å²) in [6.45, 7) is 1.66. The Hall–Kier alpha value is -2.22. The zero-order chi connectivity index (χ0) is 14.0. The van der Waals surface area contributed by atoms with Gasteiger partial charge in [-0.1, -0.05) is 0 Å². The van der Waals surface area contributed by atoms with E-state index in [-0.39, 0.29) is 17.3 Å². The average molecular weight is 280 g/mol. The van der Waals surface area contributed by atoms with Crippen LogP contribution in [0.1, 0.15) is 16.1 Å². The molecule has 0 bridgehead atoms. The maximum Gasteiger partial charge on any atom is 0.267 e. The minimum Gasteiger partial charge on any atom is -0.507 e. The molecule has 8 heteroatoms. The molecule has 0 saturated carbocycles. The zero-order valence-electron chi connectivity index (χ0n) is 10.3. The van der Waals surface area contributed by atoms with Crippen molar-refractivity contribution in [2.75, 3.05) is 0 Å². The van der Waals surface area contributed by atoms with Crippen LogP contribution in [0, 0.1) is 6.92 Å². The molecule has 1 aliphatic heterocycles. The van der Waals surface area contributed by atoms with Crippen LogP contribution in [0.25, 0.3) is 0 Å². The molecule has 7 nitrogen and oxygen atoms in total. The van der Waals surface area contributed by atoms with E-state index < -0.39 is 11.5 Å². The molecule has 1 aliphatic rings. The lowest BCUT2D eigenvalue weighted by Gasteiger charge is -2.12. The second kappa shape index (κ2) is 5.19. The van der Waals surface area contributed by atoms with E-state index in [4.69, 9.17) is 0 Å². The van der Waals surface area contributed by atoms with E-state index in [1.807, 2.05) is 0 Å². The minimum absolute atomic E-state index is 0.208. The number of carbonyl (C=O) groups excluding carboxylic acids is 1. The molecule has 0 spiro atoms. The van der Waals surface area contributed by atoms with Crippen molar-refractivity contribution < 1.29 is 9.90 Å². The molecule has 2 heterocycles. The van der Waals surface area contributed by atoms with Crippen LogP contribution in [0.3, 0.4) is 0 Å². The first kappa shape index (κ1) is 13.2. The molecule has 1 amide bonds. The van der Waals surface area contributed by atoms with Crippen molar-refractivity contribution in [3.8, 4) is 5.75 Å². The summed E-state index contributed by atoms with van der Waals surface area (Å²) in [5.41, 5.74) is -0.308. The van der Waals surface area contributed by atoms with Crippen LogP contribution in [0.15, 0.2) is 27.5 Å². The summed E-state index contributed by atoms with van der Waals surface area (Å²) < 4.78 is 4.03. The minimum atomic E-state index is -0.708. The van der Waals surface area contributed by atoms with Gasteiger partial charge in [-0.25, -0.2) is 4.99 Å². The van der Waals surface area contributed by atoms with Gasteiger partial charge in [-0.15, -0.1) is 0 Å². The standard InChI is InChI=1S/C11H12N4O3S/c1-6-5-7(16)8(10(18)15(6)2)9(17)13-11-12-3-4-19-14-11/h3-5,16H,1-2H3,(H2,12,13,14,17). The topological polar surface area (TPSA) is 95.7 Å². The van der Waals surface area contributed by atoms with E-state index in [0.29, 0.717) is 5.69 Å². The number of hydrogen-bond acceptors (Lipinski definition) is 6. The zero-order valence-corrected chi connectivity index (χ0v) is 11.1. The van der Waals surface area contributed by atoms with Crippen LogP contribution in [0.5, 0.6) is 5.75 Å². The van der Waals surface area contributed by atoms with Crippen molar-refractivity contribution in [1.82, 2.24) is 14.6 Å². The Labute approximate surface area is 113 Å². The lowest BCUT2D eigenvalue weighted by atomic mass is 10.2.